The van der Waals surface area contributed by atoms with Gasteiger partial charge in [0.25, 0.3) is 5.56 Å². The zero-order valence-electron chi connectivity index (χ0n) is 13.2. The van der Waals surface area contributed by atoms with E-state index in [9.17, 15) is 18.0 Å². The van der Waals surface area contributed by atoms with E-state index in [1.54, 1.807) is 6.92 Å². The number of thioether (sulfide) groups is 1. The Morgan fingerprint density at radius 3 is 2.87 bits per heavy atom. The van der Waals surface area contributed by atoms with E-state index in [0.29, 0.717) is 23.7 Å². The second-order valence-corrected chi connectivity index (χ2v) is 9.18. The summed E-state index contributed by atoms with van der Waals surface area (Å²) in [6, 6.07) is 1.46. The van der Waals surface area contributed by atoms with Gasteiger partial charge >= 0.3 is 0 Å². The maximum atomic E-state index is 12.0. The van der Waals surface area contributed by atoms with Crippen LogP contribution in [-0.2, 0) is 21.1 Å². The van der Waals surface area contributed by atoms with E-state index in [4.69, 9.17) is 0 Å². The first-order valence-electron chi connectivity index (χ1n) is 7.46. The number of aromatic amines is 1. The molecule has 2 rings (SSSR count). The molecule has 1 aromatic rings. The minimum atomic E-state index is -3.07. The average molecular weight is 359 g/mol. The Hall–Kier alpha value is -1.35. The Balaban J connectivity index is 1.93. The largest absolute Gasteiger partial charge is 0.349 e. The van der Waals surface area contributed by atoms with E-state index in [2.05, 4.69) is 15.3 Å². The molecule has 1 aromatic heterocycles. The Kier molecular flexibility index (Phi) is 5.51. The predicted octanol–water partition coefficient (Wildman–Crippen LogP) is 0.508. The molecule has 1 saturated heterocycles. The molecule has 0 bridgehead atoms. The van der Waals surface area contributed by atoms with Gasteiger partial charge in [-0.1, -0.05) is 25.1 Å². The second kappa shape index (κ2) is 7.04. The van der Waals surface area contributed by atoms with Crippen LogP contribution >= 0.6 is 11.8 Å². The summed E-state index contributed by atoms with van der Waals surface area (Å²) < 4.78 is 23.1. The van der Waals surface area contributed by atoms with Crippen LogP contribution in [0.25, 0.3) is 0 Å². The molecule has 0 saturated carbocycles. The zero-order valence-corrected chi connectivity index (χ0v) is 14.8. The van der Waals surface area contributed by atoms with E-state index in [0.717, 1.165) is 18.2 Å². The number of H-pyrrole nitrogens is 1. The molecule has 23 heavy (non-hydrogen) atoms. The topological polar surface area (TPSA) is 109 Å². The summed E-state index contributed by atoms with van der Waals surface area (Å²) in [6.07, 6.45) is 2.01. The number of rotatable bonds is 6. The van der Waals surface area contributed by atoms with Crippen LogP contribution in [0.2, 0.25) is 0 Å². The molecule has 1 aliphatic heterocycles. The minimum Gasteiger partial charge on any atom is -0.349 e. The molecule has 1 amide bonds. The van der Waals surface area contributed by atoms with Crippen molar-refractivity contribution < 1.29 is 13.2 Å². The number of nitrogens with zero attached hydrogens (tertiary/aromatic N) is 1. The van der Waals surface area contributed by atoms with Gasteiger partial charge in [-0.3, -0.25) is 9.59 Å². The van der Waals surface area contributed by atoms with Crippen molar-refractivity contribution in [2.75, 3.05) is 17.3 Å². The van der Waals surface area contributed by atoms with Crippen LogP contribution in [0.4, 0.5) is 0 Å². The van der Waals surface area contributed by atoms with E-state index >= 15 is 0 Å². The zero-order chi connectivity index (χ0) is 17.1. The molecule has 1 fully saturated rings. The first-order valence-corrected chi connectivity index (χ1v) is 10.3. The van der Waals surface area contributed by atoms with Crippen molar-refractivity contribution >= 4 is 27.5 Å². The summed E-state index contributed by atoms with van der Waals surface area (Å²) in [6.45, 7) is 3.74. The highest BCUT2D eigenvalue weighted by molar-refractivity contribution is 7.99. The number of hydrogen-bond acceptors (Lipinski definition) is 6. The molecule has 0 aliphatic carbocycles. The maximum absolute atomic E-state index is 12.0. The third kappa shape index (κ3) is 5.35. The number of aromatic nitrogens is 2. The Morgan fingerprint density at radius 1 is 1.52 bits per heavy atom. The van der Waals surface area contributed by atoms with Crippen LogP contribution in [0, 0.1) is 0 Å². The van der Waals surface area contributed by atoms with Crippen LogP contribution in [-0.4, -0.2) is 47.1 Å². The number of sulfone groups is 1. The fourth-order valence-corrected chi connectivity index (χ4v) is 5.34. The van der Waals surface area contributed by atoms with Crippen molar-refractivity contribution in [3.05, 3.63) is 22.1 Å². The third-order valence-electron chi connectivity index (χ3n) is 3.56. The van der Waals surface area contributed by atoms with Crippen LogP contribution < -0.4 is 10.9 Å². The van der Waals surface area contributed by atoms with E-state index in [-0.39, 0.29) is 28.7 Å². The van der Waals surface area contributed by atoms with Crippen LogP contribution in [0.15, 0.2) is 16.0 Å². The lowest BCUT2D eigenvalue weighted by Crippen LogP contribution is -2.47. The number of nitrogens with one attached hydrogen (secondary N) is 2. The van der Waals surface area contributed by atoms with Gasteiger partial charge in [-0.15, -0.1) is 0 Å². The Labute approximate surface area is 139 Å². The normalized spacial score (nSPS) is 22.9. The molecular weight excluding hydrogens is 338 g/mol. The highest BCUT2D eigenvalue weighted by Gasteiger charge is 2.39. The molecule has 0 radical (unpaired) electrons. The average Bonchev–Trinajstić information content (AvgIpc) is 2.70. The lowest BCUT2D eigenvalue weighted by atomic mass is 10.0. The summed E-state index contributed by atoms with van der Waals surface area (Å²) >= 11 is 1.14. The van der Waals surface area contributed by atoms with Crippen molar-refractivity contribution in [2.45, 2.75) is 43.8 Å². The van der Waals surface area contributed by atoms with Crippen LogP contribution in [0.5, 0.6) is 0 Å². The van der Waals surface area contributed by atoms with Crippen molar-refractivity contribution in [3.8, 4) is 0 Å². The van der Waals surface area contributed by atoms with Gasteiger partial charge in [0, 0.05) is 11.8 Å². The molecule has 128 valence electrons. The molecule has 1 atom stereocenters. The second-order valence-electron chi connectivity index (χ2n) is 6.03. The van der Waals surface area contributed by atoms with Crippen LogP contribution in [0.1, 0.15) is 32.4 Å². The van der Waals surface area contributed by atoms with Crippen LogP contribution in [0.3, 0.4) is 0 Å². The fraction of sp³-hybridized carbons (Fsp3) is 0.643. The molecule has 7 nitrogen and oxygen atoms in total. The smallest absolute Gasteiger partial charge is 0.251 e. The number of hydrogen-bond donors (Lipinski definition) is 2. The van der Waals surface area contributed by atoms with E-state index in [1.165, 1.54) is 6.07 Å². The molecule has 9 heteroatoms. The summed E-state index contributed by atoms with van der Waals surface area (Å²) in [4.78, 5) is 30.5. The van der Waals surface area contributed by atoms with Gasteiger partial charge in [-0.25, -0.2) is 13.4 Å². The summed E-state index contributed by atoms with van der Waals surface area (Å²) in [7, 11) is -3.07. The SMILES string of the molecule is CCCc1cc(=O)[nH]c(SCC(=O)NC2(C)CCS(=O)(=O)C2)n1. The monoisotopic (exact) mass is 359 g/mol. The quantitative estimate of drug-likeness (QED) is 0.566. The van der Waals surface area contributed by atoms with Gasteiger partial charge < -0.3 is 10.3 Å². The first kappa shape index (κ1) is 18.0. The van der Waals surface area contributed by atoms with E-state index < -0.39 is 15.4 Å². The van der Waals surface area contributed by atoms with E-state index in [1.807, 2.05) is 6.92 Å². The highest BCUT2D eigenvalue weighted by atomic mass is 32.2. The Morgan fingerprint density at radius 2 is 2.26 bits per heavy atom. The lowest BCUT2D eigenvalue weighted by Gasteiger charge is -2.23. The lowest BCUT2D eigenvalue weighted by molar-refractivity contribution is -0.120. The number of carbonyl (C=O) groups is 1. The van der Waals surface area contributed by atoms with Crippen molar-refractivity contribution in [1.82, 2.24) is 15.3 Å². The standard InChI is InChI=1S/C14H21N3O4S2/c1-3-4-10-7-11(18)16-13(15-10)22-8-12(19)17-14(2)5-6-23(20,21)9-14/h7H,3-6,8-9H2,1-2H3,(H,17,19)(H,15,16,18). The maximum Gasteiger partial charge on any atom is 0.251 e. The molecule has 2 heterocycles. The summed E-state index contributed by atoms with van der Waals surface area (Å²) in [5, 5.41) is 3.18. The fourth-order valence-electron chi connectivity index (χ4n) is 2.55. The van der Waals surface area contributed by atoms with Crippen molar-refractivity contribution in [3.63, 3.8) is 0 Å². The minimum absolute atomic E-state index is 0.0303. The Bertz CT molecular complexity index is 745. The van der Waals surface area contributed by atoms with Gasteiger partial charge in [-0.2, -0.15) is 0 Å². The summed E-state index contributed by atoms with van der Waals surface area (Å²) in [5.74, 6) is -0.116. The van der Waals surface area contributed by atoms with Gasteiger partial charge in [0.15, 0.2) is 15.0 Å². The molecule has 0 aromatic carbocycles. The van der Waals surface area contributed by atoms with Crippen molar-refractivity contribution in [2.24, 2.45) is 0 Å². The van der Waals surface area contributed by atoms with Gasteiger partial charge in [0.05, 0.1) is 22.8 Å². The molecule has 1 aliphatic rings. The van der Waals surface area contributed by atoms with Gasteiger partial charge in [0.1, 0.15) is 0 Å². The molecular formula is C14H21N3O4S2. The third-order valence-corrected chi connectivity index (χ3v) is 6.34. The van der Waals surface area contributed by atoms with Gasteiger partial charge in [-0.05, 0) is 19.8 Å². The molecule has 2 N–H and O–H groups in total. The first-order chi connectivity index (χ1) is 10.7. The molecule has 1 unspecified atom stereocenters. The van der Waals surface area contributed by atoms with Crippen molar-refractivity contribution in [1.29, 1.82) is 0 Å². The van der Waals surface area contributed by atoms with Gasteiger partial charge in [0.2, 0.25) is 5.91 Å². The number of amides is 1. The highest BCUT2D eigenvalue weighted by Crippen LogP contribution is 2.23. The number of aryl methyl sites for hydroxylation is 1. The predicted molar refractivity (Wildman–Crippen MR) is 89.4 cm³/mol. The summed E-state index contributed by atoms with van der Waals surface area (Å²) in [5.41, 5.74) is -0.241. The number of carbonyl (C=O) groups excluding carboxylic acids is 1. The molecule has 0 spiro atoms.